The standard InChI is InChI=1S/C13H19NO2/c1-14(10-15)7-6-11-4-5-13-12(9-11)3-2-8-16-13/h4-5,9,15H,2-3,6-8,10H2,1H3. The first kappa shape index (κ1) is 11.4. The highest BCUT2D eigenvalue weighted by atomic mass is 16.5. The predicted molar refractivity (Wildman–Crippen MR) is 63.7 cm³/mol. The van der Waals surface area contributed by atoms with Crippen LogP contribution in [0.3, 0.4) is 0 Å². The number of aliphatic hydroxyl groups excluding tert-OH is 1. The molecule has 1 N–H and O–H groups in total. The van der Waals surface area contributed by atoms with Gasteiger partial charge in [-0.25, -0.2) is 0 Å². The van der Waals surface area contributed by atoms with Gasteiger partial charge in [-0.15, -0.1) is 0 Å². The fourth-order valence-corrected chi connectivity index (χ4v) is 1.96. The molecule has 0 aromatic heterocycles. The maximum absolute atomic E-state index is 8.91. The molecule has 88 valence electrons. The molecule has 3 nitrogen and oxygen atoms in total. The van der Waals surface area contributed by atoms with Gasteiger partial charge in [0.15, 0.2) is 0 Å². The van der Waals surface area contributed by atoms with Crippen molar-refractivity contribution in [2.75, 3.05) is 26.9 Å². The van der Waals surface area contributed by atoms with Gasteiger partial charge in [0.25, 0.3) is 0 Å². The average Bonchev–Trinajstić information content (AvgIpc) is 2.35. The topological polar surface area (TPSA) is 32.7 Å². The minimum Gasteiger partial charge on any atom is -0.493 e. The molecule has 0 saturated heterocycles. The molecule has 1 aromatic rings. The number of aryl methyl sites for hydroxylation is 1. The second kappa shape index (κ2) is 5.32. The smallest absolute Gasteiger partial charge is 0.122 e. The minimum atomic E-state index is 0.119. The zero-order valence-corrected chi connectivity index (χ0v) is 9.78. The van der Waals surface area contributed by atoms with E-state index in [0.29, 0.717) is 0 Å². The van der Waals surface area contributed by atoms with Gasteiger partial charge in [0, 0.05) is 6.54 Å². The van der Waals surface area contributed by atoms with Crippen LogP contribution < -0.4 is 4.74 Å². The van der Waals surface area contributed by atoms with Crippen molar-refractivity contribution in [2.24, 2.45) is 0 Å². The summed E-state index contributed by atoms with van der Waals surface area (Å²) in [5.41, 5.74) is 2.65. The van der Waals surface area contributed by atoms with E-state index in [-0.39, 0.29) is 6.73 Å². The summed E-state index contributed by atoms with van der Waals surface area (Å²) in [6, 6.07) is 6.43. The molecule has 2 rings (SSSR count). The summed E-state index contributed by atoms with van der Waals surface area (Å²) in [4.78, 5) is 1.90. The average molecular weight is 221 g/mol. The van der Waals surface area contributed by atoms with Crippen molar-refractivity contribution in [2.45, 2.75) is 19.3 Å². The minimum absolute atomic E-state index is 0.119. The summed E-state index contributed by atoms with van der Waals surface area (Å²) in [6.07, 6.45) is 3.22. The monoisotopic (exact) mass is 221 g/mol. The molecule has 0 amide bonds. The summed E-state index contributed by atoms with van der Waals surface area (Å²) >= 11 is 0. The number of aliphatic hydroxyl groups is 1. The van der Waals surface area contributed by atoms with Crippen molar-refractivity contribution >= 4 is 0 Å². The maximum Gasteiger partial charge on any atom is 0.122 e. The predicted octanol–water partition coefficient (Wildman–Crippen LogP) is 1.44. The van der Waals surface area contributed by atoms with Crippen molar-refractivity contribution < 1.29 is 9.84 Å². The molecule has 0 fully saturated rings. The highest BCUT2D eigenvalue weighted by Crippen LogP contribution is 2.25. The van der Waals surface area contributed by atoms with E-state index < -0.39 is 0 Å². The maximum atomic E-state index is 8.91. The molecule has 0 bridgehead atoms. The lowest BCUT2D eigenvalue weighted by atomic mass is 10.0. The quantitative estimate of drug-likeness (QED) is 0.781. The van der Waals surface area contributed by atoms with Crippen molar-refractivity contribution in [3.63, 3.8) is 0 Å². The lowest BCUT2D eigenvalue weighted by molar-refractivity contribution is 0.134. The van der Waals surface area contributed by atoms with Crippen molar-refractivity contribution in [3.05, 3.63) is 29.3 Å². The molecule has 0 aliphatic carbocycles. The van der Waals surface area contributed by atoms with Crippen LogP contribution >= 0.6 is 0 Å². The Kier molecular flexibility index (Phi) is 3.80. The first-order valence-electron chi connectivity index (χ1n) is 5.83. The fraction of sp³-hybridized carbons (Fsp3) is 0.538. The molecule has 1 heterocycles. The van der Waals surface area contributed by atoms with Crippen LogP contribution in [0.4, 0.5) is 0 Å². The third-order valence-electron chi connectivity index (χ3n) is 3.00. The van der Waals surface area contributed by atoms with E-state index in [1.54, 1.807) is 0 Å². The van der Waals surface area contributed by atoms with Gasteiger partial charge in [-0.2, -0.15) is 0 Å². The van der Waals surface area contributed by atoms with Crippen LogP contribution in [0.5, 0.6) is 5.75 Å². The molecular weight excluding hydrogens is 202 g/mol. The van der Waals surface area contributed by atoms with Crippen LogP contribution in [0.2, 0.25) is 0 Å². The van der Waals surface area contributed by atoms with E-state index in [2.05, 4.69) is 18.2 Å². The highest BCUT2D eigenvalue weighted by Gasteiger charge is 2.10. The molecule has 1 aliphatic heterocycles. The lowest BCUT2D eigenvalue weighted by Gasteiger charge is -2.18. The second-order valence-electron chi connectivity index (χ2n) is 4.37. The van der Waals surface area contributed by atoms with Crippen LogP contribution in [-0.2, 0) is 12.8 Å². The van der Waals surface area contributed by atoms with E-state index in [9.17, 15) is 0 Å². The summed E-state index contributed by atoms with van der Waals surface area (Å²) < 4.78 is 5.57. The lowest BCUT2D eigenvalue weighted by Crippen LogP contribution is -2.22. The van der Waals surface area contributed by atoms with Crippen LogP contribution in [0.15, 0.2) is 18.2 Å². The van der Waals surface area contributed by atoms with Crippen LogP contribution in [-0.4, -0.2) is 36.9 Å². The van der Waals surface area contributed by atoms with Gasteiger partial charge < -0.3 is 9.84 Å². The van der Waals surface area contributed by atoms with Gasteiger partial charge in [-0.1, -0.05) is 12.1 Å². The van der Waals surface area contributed by atoms with Crippen LogP contribution in [0.25, 0.3) is 0 Å². The van der Waals surface area contributed by atoms with Gasteiger partial charge in [-0.3, -0.25) is 4.90 Å². The zero-order chi connectivity index (χ0) is 11.4. The van der Waals surface area contributed by atoms with Crippen molar-refractivity contribution in [1.29, 1.82) is 0 Å². The van der Waals surface area contributed by atoms with Crippen LogP contribution in [0.1, 0.15) is 17.5 Å². The second-order valence-corrected chi connectivity index (χ2v) is 4.37. The first-order valence-corrected chi connectivity index (χ1v) is 5.83. The van der Waals surface area contributed by atoms with Gasteiger partial charge in [0.1, 0.15) is 5.75 Å². The van der Waals surface area contributed by atoms with E-state index in [1.165, 1.54) is 11.1 Å². The molecule has 0 saturated carbocycles. The molecular formula is C13H19NO2. The Bertz CT molecular complexity index is 352. The number of benzene rings is 1. The third-order valence-corrected chi connectivity index (χ3v) is 3.00. The molecule has 0 unspecified atom stereocenters. The van der Waals surface area contributed by atoms with E-state index in [1.807, 2.05) is 11.9 Å². The Morgan fingerprint density at radius 3 is 3.12 bits per heavy atom. The first-order chi connectivity index (χ1) is 7.79. The van der Waals surface area contributed by atoms with E-state index in [0.717, 1.165) is 38.2 Å². The van der Waals surface area contributed by atoms with Gasteiger partial charge in [0.05, 0.1) is 13.3 Å². The van der Waals surface area contributed by atoms with E-state index in [4.69, 9.17) is 9.84 Å². The van der Waals surface area contributed by atoms with Gasteiger partial charge in [0.2, 0.25) is 0 Å². The largest absolute Gasteiger partial charge is 0.493 e. The van der Waals surface area contributed by atoms with Gasteiger partial charge in [-0.05, 0) is 43.5 Å². The Labute approximate surface area is 96.6 Å². The fourth-order valence-electron chi connectivity index (χ4n) is 1.96. The SMILES string of the molecule is CN(CO)CCc1ccc2c(c1)CCCO2. The molecule has 0 atom stereocenters. The highest BCUT2D eigenvalue weighted by molar-refractivity contribution is 5.38. The third kappa shape index (κ3) is 2.74. The molecule has 3 heteroatoms. The number of hydrogen-bond donors (Lipinski definition) is 1. The number of hydrogen-bond acceptors (Lipinski definition) is 3. The Balaban J connectivity index is 2.00. The molecule has 1 aromatic carbocycles. The normalized spacial score (nSPS) is 14.7. The van der Waals surface area contributed by atoms with E-state index >= 15 is 0 Å². The molecule has 16 heavy (non-hydrogen) atoms. The Hall–Kier alpha value is -1.06. The van der Waals surface area contributed by atoms with Crippen molar-refractivity contribution in [1.82, 2.24) is 4.90 Å². The Morgan fingerprint density at radius 1 is 1.44 bits per heavy atom. The number of likely N-dealkylation sites (N-methyl/N-ethyl adjacent to an activating group) is 1. The summed E-state index contributed by atoms with van der Waals surface area (Å²) in [5, 5.41) is 8.91. The number of ether oxygens (including phenoxy) is 1. The van der Waals surface area contributed by atoms with Crippen molar-refractivity contribution in [3.8, 4) is 5.75 Å². The number of rotatable bonds is 4. The Morgan fingerprint density at radius 2 is 2.31 bits per heavy atom. The number of fused-ring (bicyclic) bond motifs is 1. The summed E-state index contributed by atoms with van der Waals surface area (Å²) in [6.45, 7) is 1.85. The van der Waals surface area contributed by atoms with Crippen LogP contribution in [0, 0.1) is 0 Å². The molecule has 0 radical (unpaired) electrons. The summed E-state index contributed by atoms with van der Waals surface area (Å²) in [7, 11) is 1.92. The van der Waals surface area contributed by atoms with Gasteiger partial charge >= 0.3 is 0 Å². The zero-order valence-electron chi connectivity index (χ0n) is 9.78. The summed E-state index contributed by atoms with van der Waals surface area (Å²) in [5.74, 6) is 1.05. The molecule has 1 aliphatic rings. The number of nitrogens with zero attached hydrogens (tertiary/aromatic N) is 1. The molecule has 0 spiro atoms.